The molecular formula is C12H17N3O3. The van der Waals surface area contributed by atoms with Gasteiger partial charge in [0, 0.05) is 6.04 Å². The lowest BCUT2D eigenvalue weighted by Gasteiger charge is -2.24. The predicted molar refractivity (Wildman–Crippen MR) is 69.2 cm³/mol. The van der Waals surface area contributed by atoms with Crippen LogP contribution in [0, 0.1) is 10.1 Å². The van der Waals surface area contributed by atoms with Gasteiger partial charge in [-0.3, -0.25) is 10.1 Å². The standard InChI is InChI=1S/C12H17N3O3/c1-18-10-2-3-11(12(8-10)15(16)17)14-9-4-6-13-7-5-9/h2-3,8-9,13-14H,4-7H2,1H3. The molecular weight excluding hydrogens is 234 g/mol. The van der Waals surface area contributed by atoms with Gasteiger partial charge in [-0.15, -0.1) is 0 Å². The van der Waals surface area contributed by atoms with Crippen molar-refractivity contribution in [1.29, 1.82) is 0 Å². The first-order valence-corrected chi connectivity index (χ1v) is 6.00. The van der Waals surface area contributed by atoms with E-state index >= 15 is 0 Å². The van der Waals surface area contributed by atoms with Gasteiger partial charge in [0.25, 0.3) is 5.69 Å². The fraction of sp³-hybridized carbons (Fsp3) is 0.500. The Morgan fingerprint density at radius 3 is 2.78 bits per heavy atom. The fourth-order valence-electron chi connectivity index (χ4n) is 2.10. The van der Waals surface area contributed by atoms with Crippen LogP contribution in [-0.4, -0.2) is 31.2 Å². The lowest BCUT2D eigenvalue weighted by molar-refractivity contribution is -0.384. The summed E-state index contributed by atoms with van der Waals surface area (Å²) in [6.45, 7) is 1.89. The number of hydrogen-bond donors (Lipinski definition) is 2. The van der Waals surface area contributed by atoms with Gasteiger partial charge >= 0.3 is 0 Å². The van der Waals surface area contributed by atoms with Gasteiger partial charge in [-0.25, -0.2) is 0 Å². The second kappa shape index (κ2) is 5.68. The van der Waals surface area contributed by atoms with Crippen molar-refractivity contribution in [1.82, 2.24) is 5.32 Å². The Kier molecular flexibility index (Phi) is 3.99. The number of nitrogens with zero attached hydrogens (tertiary/aromatic N) is 1. The zero-order valence-electron chi connectivity index (χ0n) is 10.3. The number of hydrogen-bond acceptors (Lipinski definition) is 5. The van der Waals surface area contributed by atoms with E-state index in [1.807, 2.05) is 0 Å². The van der Waals surface area contributed by atoms with Crippen LogP contribution in [0.5, 0.6) is 5.75 Å². The van der Waals surface area contributed by atoms with Crippen molar-refractivity contribution in [2.24, 2.45) is 0 Å². The van der Waals surface area contributed by atoms with Gasteiger partial charge in [0.2, 0.25) is 0 Å². The van der Waals surface area contributed by atoms with Crippen molar-refractivity contribution in [3.63, 3.8) is 0 Å². The molecule has 0 aliphatic carbocycles. The molecule has 0 atom stereocenters. The van der Waals surface area contributed by atoms with E-state index in [9.17, 15) is 10.1 Å². The molecule has 18 heavy (non-hydrogen) atoms. The maximum Gasteiger partial charge on any atom is 0.296 e. The van der Waals surface area contributed by atoms with Crippen molar-refractivity contribution < 1.29 is 9.66 Å². The Bertz CT molecular complexity index is 431. The van der Waals surface area contributed by atoms with Crippen molar-refractivity contribution in [2.45, 2.75) is 18.9 Å². The van der Waals surface area contributed by atoms with E-state index in [1.54, 1.807) is 12.1 Å². The SMILES string of the molecule is COc1ccc(NC2CCNCC2)c([N+](=O)[O-])c1. The van der Waals surface area contributed by atoms with Crippen molar-refractivity contribution >= 4 is 11.4 Å². The Hall–Kier alpha value is -1.82. The Morgan fingerprint density at radius 1 is 1.44 bits per heavy atom. The van der Waals surface area contributed by atoms with E-state index in [2.05, 4.69) is 10.6 Å². The summed E-state index contributed by atoms with van der Waals surface area (Å²) in [6.07, 6.45) is 1.95. The molecule has 0 aromatic heterocycles. The summed E-state index contributed by atoms with van der Waals surface area (Å²) < 4.78 is 5.01. The van der Waals surface area contributed by atoms with Gasteiger partial charge in [-0.1, -0.05) is 0 Å². The number of piperidine rings is 1. The number of ether oxygens (including phenoxy) is 1. The van der Waals surface area contributed by atoms with Crippen molar-refractivity contribution in [3.05, 3.63) is 28.3 Å². The topological polar surface area (TPSA) is 76.4 Å². The molecule has 1 fully saturated rings. The minimum Gasteiger partial charge on any atom is -0.496 e. The van der Waals surface area contributed by atoms with Gasteiger partial charge in [0.05, 0.1) is 18.1 Å². The van der Waals surface area contributed by atoms with E-state index in [1.165, 1.54) is 13.2 Å². The minimum absolute atomic E-state index is 0.0629. The first-order chi connectivity index (χ1) is 8.70. The van der Waals surface area contributed by atoms with Crippen LogP contribution in [0.1, 0.15) is 12.8 Å². The molecule has 1 aliphatic rings. The molecule has 1 heterocycles. The smallest absolute Gasteiger partial charge is 0.296 e. The van der Waals surface area contributed by atoms with Crippen LogP contribution in [0.15, 0.2) is 18.2 Å². The van der Waals surface area contributed by atoms with Crippen LogP contribution in [0.4, 0.5) is 11.4 Å². The average molecular weight is 251 g/mol. The van der Waals surface area contributed by atoms with Crippen molar-refractivity contribution in [3.8, 4) is 5.75 Å². The average Bonchev–Trinajstić information content (AvgIpc) is 2.40. The van der Waals surface area contributed by atoms with Gasteiger partial charge in [-0.2, -0.15) is 0 Å². The first-order valence-electron chi connectivity index (χ1n) is 6.00. The van der Waals surface area contributed by atoms with Gasteiger partial charge in [0.1, 0.15) is 11.4 Å². The van der Waals surface area contributed by atoms with Crippen LogP contribution in [0.25, 0.3) is 0 Å². The Morgan fingerprint density at radius 2 is 2.17 bits per heavy atom. The van der Waals surface area contributed by atoms with Gasteiger partial charge in [0.15, 0.2) is 0 Å². The van der Waals surface area contributed by atoms with Crippen LogP contribution in [-0.2, 0) is 0 Å². The highest BCUT2D eigenvalue weighted by Gasteiger charge is 2.19. The lowest BCUT2D eigenvalue weighted by Crippen LogP contribution is -2.35. The molecule has 1 aliphatic heterocycles. The van der Waals surface area contributed by atoms with Crippen LogP contribution >= 0.6 is 0 Å². The molecule has 0 radical (unpaired) electrons. The third kappa shape index (κ3) is 2.89. The number of methoxy groups -OCH3 is 1. The molecule has 6 heteroatoms. The summed E-state index contributed by atoms with van der Waals surface area (Å²) in [5, 5.41) is 17.5. The molecule has 1 saturated heterocycles. The van der Waals surface area contributed by atoms with Gasteiger partial charge < -0.3 is 15.4 Å². The molecule has 6 nitrogen and oxygen atoms in total. The van der Waals surface area contributed by atoms with E-state index < -0.39 is 0 Å². The number of nitro benzene ring substituents is 1. The molecule has 1 aromatic carbocycles. The van der Waals surface area contributed by atoms with Crippen molar-refractivity contribution in [2.75, 3.05) is 25.5 Å². The highest BCUT2D eigenvalue weighted by atomic mass is 16.6. The third-order valence-electron chi connectivity index (χ3n) is 3.10. The van der Waals surface area contributed by atoms with E-state index in [0.717, 1.165) is 25.9 Å². The molecule has 0 saturated carbocycles. The molecule has 2 rings (SSSR count). The second-order valence-corrected chi connectivity index (χ2v) is 4.31. The predicted octanol–water partition coefficient (Wildman–Crippen LogP) is 1.77. The fourth-order valence-corrected chi connectivity index (χ4v) is 2.10. The lowest BCUT2D eigenvalue weighted by atomic mass is 10.1. The molecule has 0 amide bonds. The second-order valence-electron chi connectivity index (χ2n) is 4.31. The molecule has 0 spiro atoms. The summed E-state index contributed by atoms with van der Waals surface area (Å²) in [4.78, 5) is 10.6. The number of rotatable bonds is 4. The quantitative estimate of drug-likeness (QED) is 0.630. The Labute approximate surface area is 105 Å². The zero-order valence-corrected chi connectivity index (χ0v) is 10.3. The largest absolute Gasteiger partial charge is 0.496 e. The summed E-state index contributed by atoms with van der Waals surface area (Å²) in [7, 11) is 1.50. The third-order valence-corrected chi connectivity index (χ3v) is 3.10. The van der Waals surface area contributed by atoms with E-state index in [0.29, 0.717) is 17.5 Å². The van der Waals surface area contributed by atoms with Gasteiger partial charge in [-0.05, 0) is 38.1 Å². The van der Waals surface area contributed by atoms with Crippen LogP contribution in [0.2, 0.25) is 0 Å². The molecule has 1 aromatic rings. The van der Waals surface area contributed by atoms with Crippen LogP contribution < -0.4 is 15.4 Å². The maximum absolute atomic E-state index is 11.0. The monoisotopic (exact) mass is 251 g/mol. The number of nitro groups is 1. The molecule has 0 unspecified atom stereocenters. The summed E-state index contributed by atoms with van der Waals surface area (Å²) in [5.41, 5.74) is 0.626. The molecule has 98 valence electrons. The zero-order chi connectivity index (χ0) is 13.0. The summed E-state index contributed by atoms with van der Waals surface area (Å²) in [6, 6.07) is 5.18. The number of anilines is 1. The number of nitrogens with one attached hydrogen (secondary N) is 2. The maximum atomic E-state index is 11.0. The highest BCUT2D eigenvalue weighted by molar-refractivity contribution is 5.64. The normalized spacial score (nSPS) is 16.3. The van der Waals surface area contributed by atoms with Crippen LogP contribution in [0.3, 0.4) is 0 Å². The first kappa shape index (κ1) is 12.6. The molecule has 0 bridgehead atoms. The summed E-state index contributed by atoms with van der Waals surface area (Å²) in [5.74, 6) is 0.498. The Balaban J connectivity index is 2.17. The van der Waals surface area contributed by atoms with E-state index in [4.69, 9.17) is 4.74 Å². The highest BCUT2D eigenvalue weighted by Crippen LogP contribution is 2.30. The van der Waals surface area contributed by atoms with E-state index in [-0.39, 0.29) is 10.6 Å². The summed E-state index contributed by atoms with van der Waals surface area (Å²) >= 11 is 0. The minimum atomic E-state index is -0.383. The number of benzene rings is 1. The molecule has 2 N–H and O–H groups in total.